The molecule has 0 aromatic carbocycles. The first-order valence-corrected chi connectivity index (χ1v) is 11.5. The van der Waals surface area contributed by atoms with Gasteiger partial charge in [0.2, 0.25) is 6.41 Å². The van der Waals surface area contributed by atoms with Gasteiger partial charge in [0.25, 0.3) is 0 Å². The van der Waals surface area contributed by atoms with Crippen molar-refractivity contribution in [3.8, 4) is 0 Å². The predicted octanol–water partition coefficient (Wildman–Crippen LogP) is 3.32. The lowest BCUT2D eigenvalue weighted by molar-refractivity contribution is -0.141. The van der Waals surface area contributed by atoms with E-state index in [-0.39, 0.29) is 29.3 Å². The van der Waals surface area contributed by atoms with E-state index in [9.17, 15) is 9.59 Å². The molecule has 0 saturated heterocycles. The summed E-state index contributed by atoms with van der Waals surface area (Å²) in [7, 11) is 0. The van der Waals surface area contributed by atoms with Gasteiger partial charge in [-0.05, 0) is 73.5 Å². The van der Waals surface area contributed by atoms with Gasteiger partial charge in [-0.25, -0.2) is 0 Å². The SMILES string of the molecule is CC1C[C@@]2(C)C(CC1=NOCCN)[C@@H](NC=O)C[C@@H]1[C@@H]2CC[C@]2(C)C(=O)CC[C@@H]12.Cl. The van der Waals surface area contributed by atoms with Crippen LogP contribution in [0, 0.1) is 40.4 Å². The van der Waals surface area contributed by atoms with Crippen molar-refractivity contribution in [1.82, 2.24) is 5.32 Å². The first kappa shape index (κ1) is 23.5. The van der Waals surface area contributed by atoms with Crippen LogP contribution in [-0.2, 0) is 14.4 Å². The van der Waals surface area contributed by atoms with Crippen molar-refractivity contribution in [2.75, 3.05) is 13.2 Å². The smallest absolute Gasteiger partial charge is 0.207 e. The van der Waals surface area contributed by atoms with Gasteiger partial charge in [0.1, 0.15) is 12.4 Å². The molecule has 4 rings (SSSR count). The number of nitrogens with two attached hydrogens (primary N) is 1. The molecule has 0 aromatic rings. The maximum absolute atomic E-state index is 12.7. The minimum Gasteiger partial charge on any atom is -0.394 e. The number of halogens is 1. The minimum atomic E-state index is -0.140. The average Bonchev–Trinajstić information content (AvgIpc) is 2.98. The zero-order chi connectivity index (χ0) is 20.8. The molecule has 170 valence electrons. The zero-order valence-electron chi connectivity index (χ0n) is 18.6. The number of rotatable bonds is 5. The number of amides is 1. The van der Waals surface area contributed by atoms with Gasteiger partial charge in [-0.1, -0.05) is 25.9 Å². The number of ketones is 1. The molecule has 6 nitrogen and oxygen atoms in total. The molecule has 3 N–H and O–H groups in total. The highest BCUT2D eigenvalue weighted by Gasteiger charge is 2.62. The summed E-state index contributed by atoms with van der Waals surface area (Å²) in [5, 5.41) is 7.59. The first-order chi connectivity index (χ1) is 13.8. The van der Waals surface area contributed by atoms with Crippen LogP contribution in [-0.4, -0.2) is 37.1 Å². The number of nitrogens with one attached hydrogen (secondary N) is 1. The van der Waals surface area contributed by atoms with E-state index in [1.807, 2.05) is 0 Å². The lowest BCUT2D eigenvalue weighted by Gasteiger charge is -2.62. The Labute approximate surface area is 186 Å². The van der Waals surface area contributed by atoms with Gasteiger partial charge in [-0.2, -0.15) is 0 Å². The number of oxime groups is 1. The summed E-state index contributed by atoms with van der Waals surface area (Å²) in [5.41, 5.74) is 6.66. The van der Waals surface area contributed by atoms with Crippen LogP contribution in [0.2, 0.25) is 0 Å². The second-order valence-electron chi connectivity index (χ2n) is 10.5. The maximum atomic E-state index is 12.7. The Morgan fingerprint density at radius 3 is 2.73 bits per heavy atom. The van der Waals surface area contributed by atoms with E-state index in [1.165, 1.54) is 0 Å². The third-order valence-electron chi connectivity index (χ3n) is 9.27. The molecular formula is C23H38ClN3O3. The minimum absolute atomic E-state index is 0. The van der Waals surface area contributed by atoms with Crippen molar-refractivity contribution in [2.24, 2.45) is 51.3 Å². The van der Waals surface area contributed by atoms with Gasteiger partial charge in [0.15, 0.2) is 0 Å². The Balaban J connectivity index is 0.00000256. The highest BCUT2D eigenvalue weighted by atomic mass is 35.5. The second-order valence-corrected chi connectivity index (χ2v) is 10.5. The lowest BCUT2D eigenvalue weighted by Crippen LogP contribution is -2.61. The van der Waals surface area contributed by atoms with E-state index in [4.69, 9.17) is 10.6 Å². The molecule has 0 spiro atoms. The number of hydrogen-bond acceptors (Lipinski definition) is 5. The Morgan fingerprint density at radius 2 is 2.03 bits per heavy atom. The number of carbonyl (C=O) groups is 2. The van der Waals surface area contributed by atoms with Crippen LogP contribution < -0.4 is 11.1 Å². The van der Waals surface area contributed by atoms with Crippen molar-refractivity contribution >= 4 is 30.3 Å². The van der Waals surface area contributed by atoms with E-state index in [0.717, 1.165) is 57.1 Å². The molecule has 30 heavy (non-hydrogen) atoms. The van der Waals surface area contributed by atoms with E-state index >= 15 is 0 Å². The fraction of sp³-hybridized carbons (Fsp3) is 0.870. The predicted molar refractivity (Wildman–Crippen MR) is 119 cm³/mol. The summed E-state index contributed by atoms with van der Waals surface area (Å²) >= 11 is 0. The van der Waals surface area contributed by atoms with E-state index in [0.29, 0.717) is 48.5 Å². The van der Waals surface area contributed by atoms with Crippen LogP contribution in [0.4, 0.5) is 0 Å². The third kappa shape index (κ3) is 3.58. The monoisotopic (exact) mass is 439 g/mol. The third-order valence-corrected chi connectivity index (χ3v) is 9.27. The van der Waals surface area contributed by atoms with Gasteiger partial charge >= 0.3 is 0 Å². The Kier molecular flexibility index (Phi) is 6.88. The standard InChI is InChI=1S/C23H37N3O3.ClH/c1-14-12-23(3)17-6-7-22(2)16(4-5-21(22)28)15(17)10-20(25-13-27)18(23)11-19(14)26-29-9-8-24;/h13-18,20H,4-12,24H2,1-3H3,(H,25,27);1H/t14?,15-,16-,17-,18?,20-,22-,23+;/m0./s1. The van der Waals surface area contributed by atoms with E-state index in [2.05, 4.69) is 31.2 Å². The largest absolute Gasteiger partial charge is 0.394 e. The van der Waals surface area contributed by atoms with E-state index in [1.54, 1.807) is 0 Å². The maximum Gasteiger partial charge on any atom is 0.207 e. The molecule has 4 saturated carbocycles. The molecule has 0 heterocycles. The lowest BCUT2D eigenvalue weighted by atomic mass is 9.43. The van der Waals surface area contributed by atoms with Gasteiger partial charge < -0.3 is 15.9 Å². The number of carbonyl (C=O) groups excluding carboxylic acids is 2. The molecular weight excluding hydrogens is 402 g/mol. The van der Waals surface area contributed by atoms with Crippen LogP contribution in [0.15, 0.2) is 5.16 Å². The van der Waals surface area contributed by atoms with Crippen molar-refractivity contribution in [2.45, 2.75) is 71.8 Å². The number of nitrogens with zero attached hydrogens (tertiary/aromatic N) is 1. The Hall–Kier alpha value is -1.14. The normalized spacial score (nSPS) is 46.3. The molecule has 2 unspecified atom stereocenters. The molecule has 8 atom stereocenters. The molecule has 4 aliphatic carbocycles. The van der Waals surface area contributed by atoms with E-state index < -0.39 is 0 Å². The number of hydrogen-bond donors (Lipinski definition) is 2. The Morgan fingerprint density at radius 1 is 1.27 bits per heavy atom. The fourth-order valence-corrected chi connectivity index (χ4v) is 7.86. The van der Waals surface area contributed by atoms with Gasteiger partial charge in [0.05, 0.1) is 5.71 Å². The van der Waals surface area contributed by atoms with Crippen molar-refractivity contribution in [1.29, 1.82) is 0 Å². The van der Waals surface area contributed by atoms with Crippen LogP contribution in [0.3, 0.4) is 0 Å². The van der Waals surface area contributed by atoms with Crippen LogP contribution in [0.25, 0.3) is 0 Å². The first-order valence-electron chi connectivity index (χ1n) is 11.5. The van der Waals surface area contributed by atoms with Crippen molar-refractivity contribution in [3.63, 3.8) is 0 Å². The highest BCUT2D eigenvalue weighted by Crippen LogP contribution is 2.65. The zero-order valence-corrected chi connectivity index (χ0v) is 19.4. The molecule has 0 radical (unpaired) electrons. The highest BCUT2D eigenvalue weighted by molar-refractivity contribution is 5.88. The summed E-state index contributed by atoms with van der Waals surface area (Å²) in [4.78, 5) is 29.6. The summed E-state index contributed by atoms with van der Waals surface area (Å²) in [6, 6.07) is 0.143. The van der Waals surface area contributed by atoms with Crippen LogP contribution in [0.5, 0.6) is 0 Å². The molecule has 0 aromatic heterocycles. The quantitative estimate of drug-likeness (QED) is 0.390. The van der Waals surface area contributed by atoms with Crippen molar-refractivity contribution in [3.05, 3.63) is 0 Å². The molecule has 0 bridgehead atoms. The topological polar surface area (TPSA) is 93.8 Å². The Bertz CT molecular complexity index is 701. The van der Waals surface area contributed by atoms with Gasteiger partial charge in [0, 0.05) is 24.4 Å². The van der Waals surface area contributed by atoms with Crippen LogP contribution >= 0.6 is 12.4 Å². The fourth-order valence-electron chi connectivity index (χ4n) is 7.86. The second kappa shape index (κ2) is 8.78. The number of fused-ring (bicyclic) bond motifs is 5. The van der Waals surface area contributed by atoms with Gasteiger partial charge in [-0.3, -0.25) is 9.59 Å². The summed E-state index contributed by atoms with van der Waals surface area (Å²) in [5.74, 6) is 2.82. The molecule has 0 aliphatic heterocycles. The molecule has 1 amide bonds. The molecule has 7 heteroatoms. The summed E-state index contributed by atoms with van der Waals surface area (Å²) in [6.07, 6.45) is 7.72. The molecule has 4 aliphatic rings. The summed E-state index contributed by atoms with van der Waals surface area (Å²) < 4.78 is 0. The van der Waals surface area contributed by atoms with Crippen molar-refractivity contribution < 1.29 is 14.4 Å². The number of Topliss-reactive ketones (excluding diaryl/α,β-unsaturated/α-hetero) is 1. The van der Waals surface area contributed by atoms with Gasteiger partial charge in [-0.15, -0.1) is 12.4 Å². The average molecular weight is 440 g/mol. The summed E-state index contributed by atoms with van der Waals surface area (Å²) in [6.45, 7) is 7.81. The molecule has 4 fully saturated rings. The van der Waals surface area contributed by atoms with Crippen LogP contribution in [0.1, 0.15) is 65.7 Å².